The van der Waals surface area contributed by atoms with Gasteiger partial charge in [0.25, 0.3) is 5.69 Å². The van der Waals surface area contributed by atoms with Crippen molar-refractivity contribution in [2.45, 2.75) is 6.04 Å². The predicted octanol–water partition coefficient (Wildman–Crippen LogP) is 4.45. The number of hydrogen-bond donors (Lipinski definition) is 2. The van der Waals surface area contributed by atoms with E-state index < -0.39 is 11.0 Å². The van der Waals surface area contributed by atoms with Crippen molar-refractivity contribution in [3.8, 4) is 5.75 Å². The fourth-order valence-electron chi connectivity index (χ4n) is 3.08. The molecular weight excluding hydrogens is 356 g/mol. The number of aromatic hydroxyl groups is 1. The van der Waals surface area contributed by atoms with Gasteiger partial charge in [-0.15, -0.1) is 0 Å². The van der Waals surface area contributed by atoms with Gasteiger partial charge in [-0.3, -0.25) is 20.1 Å². The molecule has 0 aliphatic rings. The summed E-state index contributed by atoms with van der Waals surface area (Å²) in [6, 6.07) is 18.6. The number of anilines is 1. The van der Waals surface area contributed by atoms with Gasteiger partial charge in [-0.1, -0.05) is 24.3 Å². The van der Waals surface area contributed by atoms with E-state index in [2.05, 4.69) is 15.3 Å². The van der Waals surface area contributed by atoms with Gasteiger partial charge in [-0.2, -0.15) is 0 Å². The summed E-state index contributed by atoms with van der Waals surface area (Å²) in [5.41, 5.74) is 2.50. The summed E-state index contributed by atoms with van der Waals surface area (Å²) < 4.78 is 0. The standard InChI is InChI=1S/C21H16N4O3/c26-21-17(11-6-14-4-3-13-23-19(14)21)20(18-5-1-2-12-22-18)24-15-7-9-16(10-8-15)25(27)28/h1-13,20,24,26H/t20-/m1/s1. The van der Waals surface area contributed by atoms with Gasteiger partial charge >= 0.3 is 0 Å². The molecule has 0 amide bonds. The SMILES string of the molecule is O=[N+]([O-])c1ccc(N[C@@H](c2ccccn2)c2ccc3cccnc3c2O)cc1. The van der Waals surface area contributed by atoms with E-state index in [1.54, 1.807) is 24.5 Å². The first-order valence-electron chi connectivity index (χ1n) is 8.62. The van der Waals surface area contributed by atoms with Crippen LogP contribution >= 0.6 is 0 Å². The second-order valence-electron chi connectivity index (χ2n) is 6.21. The van der Waals surface area contributed by atoms with Gasteiger partial charge in [-0.05, 0) is 30.3 Å². The van der Waals surface area contributed by atoms with Crippen molar-refractivity contribution >= 4 is 22.3 Å². The van der Waals surface area contributed by atoms with Gasteiger partial charge in [0.05, 0.1) is 16.7 Å². The largest absolute Gasteiger partial charge is 0.505 e. The number of phenols is 1. The number of non-ortho nitro benzene ring substituents is 1. The Morgan fingerprint density at radius 1 is 0.929 bits per heavy atom. The Morgan fingerprint density at radius 2 is 1.71 bits per heavy atom. The van der Waals surface area contributed by atoms with Crippen molar-refractivity contribution < 1.29 is 10.0 Å². The van der Waals surface area contributed by atoms with Crippen LogP contribution in [-0.2, 0) is 0 Å². The summed E-state index contributed by atoms with van der Waals surface area (Å²) in [7, 11) is 0. The van der Waals surface area contributed by atoms with E-state index in [-0.39, 0.29) is 11.4 Å². The molecule has 138 valence electrons. The molecule has 1 atom stereocenters. The molecule has 0 fully saturated rings. The minimum absolute atomic E-state index is 0.0117. The van der Waals surface area contributed by atoms with Crippen molar-refractivity contribution in [1.82, 2.24) is 9.97 Å². The number of nitro benzene ring substituents is 1. The molecule has 0 spiro atoms. The van der Waals surface area contributed by atoms with E-state index in [4.69, 9.17) is 0 Å². The minimum atomic E-state index is -0.464. The van der Waals surface area contributed by atoms with Crippen LogP contribution in [0, 0.1) is 10.1 Å². The molecule has 2 N–H and O–H groups in total. The molecule has 2 aromatic carbocycles. The van der Waals surface area contributed by atoms with E-state index in [1.165, 1.54) is 12.1 Å². The number of nitrogens with zero attached hydrogens (tertiary/aromatic N) is 3. The van der Waals surface area contributed by atoms with Crippen LogP contribution in [0.25, 0.3) is 10.9 Å². The molecule has 2 heterocycles. The number of phenolic OH excluding ortho intramolecular Hbond substituents is 1. The second kappa shape index (κ2) is 7.32. The zero-order valence-corrected chi connectivity index (χ0v) is 14.7. The van der Waals surface area contributed by atoms with Crippen LogP contribution in [-0.4, -0.2) is 20.0 Å². The Kier molecular flexibility index (Phi) is 4.55. The Bertz CT molecular complexity index is 1130. The molecule has 4 rings (SSSR count). The Balaban J connectivity index is 1.78. The predicted molar refractivity (Wildman–Crippen MR) is 106 cm³/mol. The molecule has 0 aliphatic carbocycles. The minimum Gasteiger partial charge on any atom is -0.505 e. The molecule has 0 bridgehead atoms. The lowest BCUT2D eigenvalue weighted by Crippen LogP contribution is -2.14. The van der Waals surface area contributed by atoms with Crippen molar-refractivity contribution in [3.63, 3.8) is 0 Å². The van der Waals surface area contributed by atoms with Crippen LogP contribution < -0.4 is 5.32 Å². The quantitative estimate of drug-likeness (QED) is 0.397. The second-order valence-corrected chi connectivity index (χ2v) is 6.21. The molecular formula is C21H16N4O3. The van der Waals surface area contributed by atoms with E-state index >= 15 is 0 Å². The first-order valence-corrected chi connectivity index (χ1v) is 8.62. The average Bonchev–Trinajstić information content (AvgIpc) is 2.74. The van der Waals surface area contributed by atoms with Crippen LogP contribution in [0.3, 0.4) is 0 Å². The number of pyridine rings is 2. The summed E-state index contributed by atoms with van der Waals surface area (Å²) in [6.07, 6.45) is 3.31. The number of aromatic nitrogens is 2. The highest BCUT2D eigenvalue weighted by Gasteiger charge is 2.21. The van der Waals surface area contributed by atoms with E-state index in [0.717, 1.165) is 5.39 Å². The summed E-state index contributed by atoms with van der Waals surface area (Å²) in [5.74, 6) is 0.0724. The number of hydrogen-bond acceptors (Lipinski definition) is 6. The molecule has 0 saturated heterocycles. The summed E-state index contributed by atoms with van der Waals surface area (Å²) in [5, 5.41) is 25.9. The Hall–Kier alpha value is -4.00. The van der Waals surface area contributed by atoms with Crippen LogP contribution in [0.15, 0.2) is 79.1 Å². The van der Waals surface area contributed by atoms with Crippen molar-refractivity contribution in [2.24, 2.45) is 0 Å². The third kappa shape index (κ3) is 3.33. The summed E-state index contributed by atoms with van der Waals surface area (Å²) in [4.78, 5) is 19.1. The van der Waals surface area contributed by atoms with Gasteiger partial charge in [0.2, 0.25) is 0 Å². The van der Waals surface area contributed by atoms with Crippen molar-refractivity contribution in [2.75, 3.05) is 5.32 Å². The number of fused-ring (bicyclic) bond motifs is 1. The van der Waals surface area contributed by atoms with Crippen molar-refractivity contribution in [3.05, 3.63) is 100 Å². The van der Waals surface area contributed by atoms with Gasteiger partial charge < -0.3 is 10.4 Å². The van der Waals surface area contributed by atoms with Crippen LogP contribution in [0.5, 0.6) is 5.75 Å². The van der Waals surface area contributed by atoms with Gasteiger partial charge in [0.1, 0.15) is 11.3 Å². The topological polar surface area (TPSA) is 101 Å². The third-order valence-electron chi connectivity index (χ3n) is 4.46. The molecule has 0 radical (unpaired) electrons. The number of nitro groups is 1. The fraction of sp³-hybridized carbons (Fsp3) is 0.0476. The van der Waals surface area contributed by atoms with Gasteiger partial charge in [0.15, 0.2) is 0 Å². The Morgan fingerprint density at radius 3 is 2.43 bits per heavy atom. The first-order chi connectivity index (χ1) is 13.6. The van der Waals surface area contributed by atoms with Crippen LogP contribution in [0.4, 0.5) is 11.4 Å². The highest BCUT2D eigenvalue weighted by molar-refractivity contribution is 5.86. The molecule has 0 unspecified atom stereocenters. The van der Waals surface area contributed by atoms with E-state index in [1.807, 2.05) is 42.5 Å². The van der Waals surface area contributed by atoms with Crippen molar-refractivity contribution in [1.29, 1.82) is 0 Å². The van der Waals surface area contributed by atoms with Crippen LogP contribution in [0.1, 0.15) is 17.3 Å². The molecule has 4 aromatic rings. The lowest BCUT2D eigenvalue weighted by molar-refractivity contribution is -0.384. The smallest absolute Gasteiger partial charge is 0.269 e. The van der Waals surface area contributed by atoms with Gasteiger partial charge in [0, 0.05) is 41.2 Å². The van der Waals surface area contributed by atoms with E-state index in [9.17, 15) is 15.2 Å². The Labute approximate surface area is 160 Å². The van der Waals surface area contributed by atoms with E-state index in [0.29, 0.717) is 22.5 Å². The lowest BCUT2D eigenvalue weighted by atomic mass is 9.99. The summed E-state index contributed by atoms with van der Waals surface area (Å²) in [6.45, 7) is 0. The monoisotopic (exact) mass is 372 g/mol. The molecule has 0 aliphatic heterocycles. The molecule has 28 heavy (non-hydrogen) atoms. The normalized spacial score (nSPS) is 11.9. The highest BCUT2D eigenvalue weighted by Crippen LogP contribution is 2.35. The molecule has 2 aromatic heterocycles. The molecule has 7 heteroatoms. The maximum absolute atomic E-state index is 10.9. The number of rotatable bonds is 5. The van der Waals surface area contributed by atoms with Gasteiger partial charge in [-0.25, -0.2) is 0 Å². The number of nitrogens with one attached hydrogen (secondary N) is 1. The maximum atomic E-state index is 10.9. The molecule has 7 nitrogen and oxygen atoms in total. The fourth-order valence-corrected chi connectivity index (χ4v) is 3.08. The molecule has 0 saturated carbocycles. The van der Waals surface area contributed by atoms with Crippen LogP contribution in [0.2, 0.25) is 0 Å². The maximum Gasteiger partial charge on any atom is 0.269 e. The summed E-state index contributed by atoms with van der Waals surface area (Å²) >= 11 is 0. The average molecular weight is 372 g/mol. The lowest BCUT2D eigenvalue weighted by Gasteiger charge is -2.21. The zero-order valence-electron chi connectivity index (χ0n) is 14.7. The zero-order chi connectivity index (χ0) is 19.5. The highest BCUT2D eigenvalue weighted by atomic mass is 16.6. The third-order valence-corrected chi connectivity index (χ3v) is 4.46. The number of benzene rings is 2. The first kappa shape index (κ1) is 17.4.